The minimum Gasteiger partial charge on any atom is -0.488 e. The zero-order valence-electron chi connectivity index (χ0n) is 11.4. The molecular formula is C17H17NO2. The standard InChI is InChI=1S/C17H17NO2/c1-12-4-2-3-5-16(12)19-10-14-11-20-17-8-13(9-18)6-7-15(14)17/h2-8,11H,9-10,18H2,1H3. The predicted octanol–water partition coefficient (Wildman–Crippen LogP) is 3.78. The van der Waals surface area contributed by atoms with E-state index in [1.807, 2.05) is 49.4 Å². The van der Waals surface area contributed by atoms with Gasteiger partial charge in [-0.25, -0.2) is 0 Å². The van der Waals surface area contributed by atoms with Crippen molar-refractivity contribution in [1.82, 2.24) is 0 Å². The first-order valence-electron chi connectivity index (χ1n) is 6.65. The van der Waals surface area contributed by atoms with E-state index in [0.29, 0.717) is 13.2 Å². The van der Waals surface area contributed by atoms with Crippen LogP contribution in [0.15, 0.2) is 53.1 Å². The van der Waals surface area contributed by atoms with E-state index in [2.05, 4.69) is 0 Å². The summed E-state index contributed by atoms with van der Waals surface area (Å²) < 4.78 is 11.4. The van der Waals surface area contributed by atoms with Crippen LogP contribution in [0.4, 0.5) is 0 Å². The monoisotopic (exact) mass is 267 g/mol. The van der Waals surface area contributed by atoms with Gasteiger partial charge in [-0.1, -0.05) is 30.3 Å². The fourth-order valence-corrected chi connectivity index (χ4v) is 2.24. The molecule has 102 valence electrons. The normalized spacial score (nSPS) is 10.9. The molecule has 0 aliphatic carbocycles. The van der Waals surface area contributed by atoms with Crippen LogP contribution in [-0.2, 0) is 13.2 Å². The van der Waals surface area contributed by atoms with Crippen LogP contribution >= 0.6 is 0 Å². The number of hydrogen-bond acceptors (Lipinski definition) is 3. The van der Waals surface area contributed by atoms with Gasteiger partial charge in [0.05, 0.1) is 6.26 Å². The molecule has 3 rings (SSSR count). The average molecular weight is 267 g/mol. The molecule has 20 heavy (non-hydrogen) atoms. The van der Waals surface area contributed by atoms with Gasteiger partial charge in [0.1, 0.15) is 17.9 Å². The summed E-state index contributed by atoms with van der Waals surface area (Å²) in [7, 11) is 0. The van der Waals surface area contributed by atoms with Crippen LogP contribution in [0.2, 0.25) is 0 Å². The van der Waals surface area contributed by atoms with Crippen molar-refractivity contribution in [1.29, 1.82) is 0 Å². The van der Waals surface area contributed by atoms with Crippen LogP contribution in [0, 0.1) is 6.92 Å². The highest BCUT2D eigenvalue weighted by Gasteiger charge is 2.07. The van der Waals surface area contributed by atoms with Crippen molar-refractivity contribution in [3.63, 3.8) is 0 Å². The van der Waals surface area contributed by atoms with Crippen LogP contribution in [0.25, 0.3) is 11.0 Å². The molecule has 1 heterocycles. The van der Waals surface area contributed by atoms with Gasteiger partial charge in [0.2, 0.25) is 0 Å². The number of benzene rings is 2. The van der Waals surface area contributed by atoms with E-state index in [4.69, 9.17) is 14.9 Å². The Labute approximate surface area is 118 Å². The lowest BCUT2D eigenvalue weighted by atomic mass is 10.1. The van der Waals surface area contributed by atoms with Crippen LogP contribution < -0.4 is 10.5 Å². The van der Waals surface area contributed by atoms with Crippen LogP contribution in [0.1, 0.15) is 16.7 Å². The Morgan fingerprint density at radius 3 is 2.80 bits per heavy atom. The molecule has 0 fully saturated rings. The summed E-state index contributed by atoms with van der Waals surface area (Å²) in [6.45, 7) is 3.06. The maximum Gasteiger partial charge on any atom is 0.134 e. The smallest absolute Gasteiger partial charge is 0.134 e. The summed E-state index contributed by atoms with van der Waals surface area (Å²) in [5.74, 6) is 0.903. The molecule has 2 aromatic carbocycles. The van der Waals surface area contributed by atoms with Crippen molar-refractivity contribution in [2.45, 2.75) is 20.1 Å². The predicted molar refractivity (Wildman–Crippen MR) is 79.6 cm³/mol. The van der Waals surface area contributed by atoms with Crippen molar-refractivity contribution < 1.29 is 9.15 Å². The van der Waals surface area contributed by atoms with Gasteiger partial charge in [0, 0.05) is 17.5 Å². The van der Waals surface area contributed by atoms with Gasteiger partial charge in [-0.05, 0) is 30.2 Å². The third kappa shape index (κ3) is 2.40. The molecule has 0 spiro atoms. The highest BCUT2D eigenvalue weighted by atomic mass is 16.5. The van der Waals surface area contributed by atoms with E-state index < -0.39 is 0 Å². The highest BCUT2D eigenvalue weighted by molar-refractivity contribution is 5.81. The molecule has 0 aliphatic heterocycles. The number of para-hydroxylation sites is 1. The molecule has 3 aromatic rings. The van der Waals surface area contributed by atoms with Crippen LogP contribution in [0.3, 0.4) is 0 Å². The van der Waals surface area contributed by atoms with Crippen LogP contribution in [-0.4, -0.2) is 0 Å². The Bertz CT molecular complexity index is 731. The molecular weight excluding hydrogens is 250 g/mol. The summed E-state index contributed by atoms with van der Waals surface area (Å²) in [4.78, 5) is 0. The number of ether oxygens (including phenoxy) is 1. The van der Waals surface area contributed by atoms with Gasteiger partial charge in [0.15, 0.2) is 0 Å². The number of aryl methyl sites for hydroxylation is 1. The quantitative estimate of drug-likeness (QED) is 0.782. The van der Waals surface area contributed by atoms with Crippen molar-refractivity contribution in [2.75, 3.05) is 0 Å². The van der Waals surface area contributed by atoms with Gasteiger partial charge in [-0.3, -0.25) is 0 Å². The first-order valence-corrected chi connectivity index (χ1v) is 6.65. The summed E-state index contributed by atoms with van der Waals surface area (Å²) in [5, 5.41) is 1.08. The molecule has 0 amide bonds. The van der Waals surface area contributed by atoms with Gasteiger partial charge in [-0.15, -0.1) is 0 Å². The second kappa shape index (κ2) is 5.39. The topological polar surface area (TPSA) is 48.4 Å². The maximum atomic E-state index is 5.86. The van der Waals surface area contributed by atoms with Crippen molar-refractivity contribution in [3.05, 3.63) is 65.4 Å². The molecule has 0 aliphatic rings. The summed E-state index contributed by atoms with van der Waals surface area (Å²) in [6.07, 6.45) is 1.75. The molecule has 2 N–H and O–H groups in total. The second-order valence-electron chi connectivity index (χ2n) is 4.85. The van der Waals surface area contributed by atoms with E-state index >= 15 is 0 Å². The summed E-state index contributed by atoms with van der Waals surface area (Å²) in [6, 6.07) is 14.0. The molecule has 1 aromatic heterocycles. The van der Waals surface area contributed by atoms with E-state index in [1.165, 1.54) is 0 Å². The Hall–Kier alpha value is -2.26. The first-order chi connectivity index (χ1) is 9.78. The molecule has 0 unspecified atom stereocenters. The molecule has 0 saturated carbocycles. The molecule has 0 atom stereocenters. The van der Waals surface area contributed by atoms with Crippen molar-refractivity contribution in [2.24, 2.45) is 5.73 Å². The Kier molecular flexibility index (Phi) is 3.44. The average Bonchev–Trinajstić information content (AvgIpc) is 2.88. The lowest BCUT2D eigenvalue weighted by Crippen LogP contribution is -1.97. The lowest BCUT2D eigenvalue weighted by molar-refractivity contribution is 0.304. The minimum absolute atomic E-state index is 0.500. The zero-order chi connectivity index (χ0) is 13.9. The zero-order valence-corrected chi connectivity index (χ0v) is 11.4. The number of furan rings is 1. The molecule has 3 nitrogen and oxygen atoms in total. The summed E-state index contributed by atoms with van der Waals surface area (Å²) >= 11 is 0. The van der Waals surface area contributed by atoms with E-state index in [9.17, 15) is 0 Å². The lowest BCUT2D eigenvalue weighted by Gasteiger charge is -2.07. The number of nitrogens with two attached hydrogens (primary N) is 1. The maximum absolute atomic E-state index is 5.86. The Morgan fingerprint density at radius 2 is 2.00 bits per heavy atom. The highest BCUT2D eigenvalue weighted by Crippen LogP contribution is 2.25. The molecule has 0 bridgehead atoms. The van der Waals surface area contributed by atoms with Gasteiger partial charge >= 0.3 is 0 Å². The molecule has 3 heteroatoms. The fraction of sp³-hybridized carbons (Fsp3) is 0.176. The SMILES string of the molecule is Cc1ccccc1OCc1coc2cc(CN)ccc12. The number of hydrogen-bond donors (Lipinski definition) is 1. The van der Waals surface area contributed by atoms with Crippen molar-refractivity contribution >= 4 is 11.0 Å². The molecule has 0 radical (unpaired) electrons. The summed E-state index contributed by atoms with van der Waals surface area (Å²) in [5.41, 5.74) is 9.74. The van der Waals surface area contributed by atoms with Crippen molar-refractivity contribution in [3.8, 4) is 5.75 Å². The first kappa shape index (κ1) is 12.8. The van der Waals surface area contributed by atoms with E-state index in [1.54, 1.807) is 6.26 Å². The van der Waals surface area contributed by atoms with Gasteiger partial charge in [0.25, 0.3) is 0 Å². The Morgan fingerprint density at radius 1 is 1.15 bits per heavy atom. The van der Waals surface area contributed by atoms with Gasteiger partial charge in [-0.2, -0.15) is 0 Å². The minimum atomic E-state index is 0.500. The number of fused-ring (bicyclic) bond motifs is 1. The second-order valence-corrected chi connectivity index (χ2v) is 4.85. The third-order valence-corrected chi connectivity index (χ3v) is 3.43. The van der Waals surface area contributed by atoms with E-state index in [0.717, 1.165) is 33.4 Å². The fourth-order valence-electron chi connectivity index (χ4n) is 2.24. The van der Waals surface area contributed by atoms with Gasteiger partial charge < -0.3 is 14.9 Å². The van der Waals surface area contributed by atoms with E-state index in [-0.39, 0.29) is 0 Å². The third-order valence-electron chi connectivity index (χ3n) is 3.43. The Balaban J connectivity index is 1.83. The number of rotatable bonds is 4. The molecule has 0 saturated heterocycles. The largest absolute Gasteiger partial charge is 0.488 e. The van der Waals surface area contributed by atoms with Crippen LogP contribution in [0.5, 0.6) is 5.75 Å².